The van der Waals surface area contributed by atoms with Gasteiger partial charge in [-0.1, -0.05) is 0 Å². The fourth-order valence-electron chi connectivity index (χ4n) is 1.60. The molecule has 1 aliphatic heterocycles. The van der Waals surface area contributed by atoms with Gasteiger partial charge in [-0.05, 0) is 19.8 Å². The van der Waals surface area contributed by atoms with Gasteiger partial charge in [-0.25, -0.2) is 0 Å². The van der Waals surface area contributed by atoms with E-state index in [1.807, 2.05) is 0 Å². The number of nitrogens with one attached hydrogen (secondary N) is 1. The van der Waals surface area contributed by atoms with Crippen LogP contribution in [0.3, 0.4) is 0 Å². The second kappa shape index (κ2) is 3.87. The summed E-state index contributed by atoms with van der Waals surface area (Å²) >= 11 is 0. The van der Waals surface area contributed by atoms with Crippen molar-refractivity contribution >= 4 is 5.84 Å². The third kappa shape index (κ3) is 2.46. The maximum Gasteiger partial charge on any atom is 0.105 e. The average Bonchev–Trinajstić information content (AvgIpc) is 1.96. The zero-order chi connectivity index (χ0) is 9.14. The number of nitrogens with zero attached hydrogens (tertiary/aromatic N) is 1. The molecule has 0 amide bonds. The van der Waals surface area contributed by atoms with Crippen molar-refractivity contribution in [3.05, 3.63) is 0 Å². The summed E-state index contributed by atoms with van der Waals surface area (Å²) in [5.41, 5.74) is 5.29. The second-order valence-corrected chi connectivity index (χ2v) is 3.53. The van der Waals surface area contributed by atoms with Gasteiger partial charge in [-0.3, -0.25) is 10.3 Å². The first-order valence-electron chi connectivity index (χ1n) is 4.34. The summed E-state index contributed by atoms with van der Waals surface area (Å²) in [6.07, 6.45) is 1.63. The number of aliphatic hydroxyl groups excluding tert-OH is 1. The van der Waals surface area contributed by atoms with Crippen LogP contribution in [0.4, 0.5) is 0 Å². The lowest BCUT2D eigenvalue weighted by molar-refractivity contribution is 0.0503. The molecule has 0 aliphatic carbocycles. The van der Waals surface area contributed by atoms with E-state index in [1.54, 1.807) is 0 Å². The molecule has 0 aromatic rings. The summed E-state index contributed by atoms with van der Waals surface area (Å²) in [7, 11) is 0. The number of nitrogens with two attached hydrogens (primary N) is 1. The van der Waals surface area contributed by atoms with Gasteiger partial charge < -0.3 is 10.8 Å². The number of piperidine rings is 1. The standard InChI is InChI=1S/C8H17N3O/c1-6-2-3-7(12)4-11(6)5-8(9)10/h6-7,12H,2-5H2,1H3,(H3,9,10). The van der Waals surface area contributed by atoms with Gasteiger partial charge in [0.25, 0.3) is 0 Å². The zero-order valence-electron chi connectivity index (χ0n) is 7.45. The van der Waals surface area contributed by atoms with Crippen molar-refractivity contribution in [1.29, 1.82) is 5.41 Å². The van der Waals surface area contributed by atoms with Gasteiger partial charge >= 0.3 is 0 Å². The Kier molecular flexibility index (Phi) is 3.05. The number of β-amino-alcohol motifs (C(OH)–C–C–N with tert-alkyl or cyclic N) is 1. The number of hydrogen-bond acceptors (Lipinski definition) is 3. The molecule has 0 aromatic heterocycles. The van der Waals surface area contributed by atoms with E-state index in [0.717, 1.165) is 12.8 Å². The lowest BCUT2D eigenvalue weighted by Gasteiger charge is -2.35. The molecule has 1 saturated heterocycles. The maximum atomic E-state index is 9.36. The van der Waals surface area contributed by atoms with Crippen molar-refractivity contribution in [3.8, 4) is 0 Å². The van der Waals surface area contributed by atoms with E-state index in [2.05, 4.69) is 11.8 Å². The quantitative estimate of drug-likeness (QED) is 0.397. The third-order valence-electron chi connectivity index (χ3n) is 2.36. The Morgan fingerprint density at radius 1 is 1.67 bits per heavy atom. The minimum Gasteiger partial charge on any atom is -0.392 e. The summed E-state index contributed by atoms with van der Waals surface area (Å²) in [5, 5.41) is 16.5. The number of rotatable bonds is 2. The number of aliphatic hydroxyl groups is 1. The van der Waals surface area contributed by atoms with E-state index in [9.17, 15) is 5.11 Å². The van der Waals surface area contributed by atoms with E-state index in [0.29, 0.717) is 19.1 Å². The predicted molar refractivity (Wildman–Crippen MR) is 48.2 cm³/mol. The highest BCUT2D eigenvalue weighted by Crippen LogP contribution is 2.15. The molecule has 70 valence electrons. The van der Waals surface area contributed by atoms with Gasteiger partial charge in [0.1, 0.15) is 5.84 Å². The van der Waals surface area contributed by atoms with Crippen LogP contribution in [0.2, 0.25) is 0 Å². The molecule has 0 bridgehead atoms. The van der Waals surface area contributed by atoms with Gasteiger partial charge in [0, 0.05) is 12.6 Å². The molecule has 4 nitrogen and oxygen atoms in total. The van der Waals surface area contributed by atoms with E-state index in [4.69, 9.17) is 11.1 Å². The SMILES string of the molecule is CC1CCC(O)CN1CC(=N)N. The molecule has 0 spiro atoms. The third-order valence-corrected chi connectivity index (χ3v) is 2.36. The summed E-state index contributed by atoms with van der Waals surface area (Å²) in [5.74, 6) is 0.177. The first-order valence-corrected chi connectivity index (χ1v) is 4.34. The van der Waals surface area contributed by atoms with Crippen LogP contribution in [0.1, 0.15) is 19.8 Å². The second-order valence-electron chi connectivity index (χ2n) is 3.53. The number of hydrogen-bond donors (Lipinski definition) is 3. The maximum absolute atomic E-state index is 9.36. The van der Waals surface area contributed by atoms with Crippen molar-refractivity contribution in [3.63, 3.8) is 0 Å². The molecule has 0 aromatic carbocycles. The Bertz CT molecular complexity index is 172. The highest BCUT2D eigenvalue weighted by molar-refractivity contribution is 5.78. The largest absolute Gasteiger partial charge is 0.392 e. The number of amidine groups is 1. The van der Waals surface area contributed by atoms with Gasteiger partial charge in [-0.2, -0.15) is 0 Å². The van der Waals surface area contributed by atoms with Gasteiger partial charge in [0.05, 0.1) is 12.6 Å². The Hall–Kier alpha value is -0.610. The molecular formula is C8H17N3O. The summed E-state index contributed by atoms with van der Waals surface area (Å²) in [4.78, 5) is 2.05. The molecule has 0 saturated carbocycles. The highest BCUT2D eigenvalue weighted by Gasteiger charge is 2.23. The molecule has 0 radical (unpaired) electrons. The Balaban J connectivity index is 2.43. The van der Waals surface area contributed by atoms with Crippen LogP contribution in [0.5, 0.6) is 0 Å². The molecule has 1 aliphatic rings. The van der Waals surface area contributed by atoms with E-state index >= 15 is 0 Å². The highest BCUT2D eigenvalue weighted by atomic mass is 16.3. The van der Waals surface area contributed by atoms with Gasteiger partial charge in [0.2, 0.25) is 0 Å². The molecule has 4 N–H and O–H groups in total. The fraction of sp³-hybridized carbons (Fsp3) is 0.875. The van der Waals surface area contributed by atoms with Crippen LogP contribution < -0.4 is 5.73 Å². The van der Waals surface area contributed by atoms with E-state index < -0.39 is 0 Å². The lowest BCUT2D eigenvalue weighted by Crippen LogP contribution is -2.47. The molecule has 4 heteroatoms. The van der Waals surface area contributed by atoms with Crippen LogP contribution >= 0.6 is 0 Å². The first kappa shape index (κ1) is 9.48. The first-order chi connectivity index (χ1) is 5.59. The lowest BCUT2D eigenvalue weighted by atomic mass is 10.0. The monoisotopic (exact) mass is 171 g/mol. The normalized spacial score (nSPS) is 31.8. The zero-order valence-corrected chi connectivity index (χ0v) is 7.45. The Morgan fingerprint density at radius 3 is 2.92 bits per heavy atom. The number of likely N-dealkylation sites (tertiary alicyclic amines) is 1. The molecular weight excluding hydrogens is 154 g/mol. The van der Waals surface area contributed by atoms with Crippen LogP contribution in [0.15, 0.2) is 0 Å². The minimum absolute atomic E-state index is 0.177. The van der Waals surface area contributed by atoms with Gasteiger partial charge in [0.15, 0.2) is 0 Å². The molecule has 12 heavy (non-hydrogen) atoms. The molecule has 1 rings (SSSR count). The smallest absolute Gasteiger partial charge is 0.105 e. The van der Waals surface area contributed by atoms with Crippen molar-refractivity contribution in [1.82, 2.24) is 4.90 Å². The van der Waals surface area contributed by atoms with Crippen LogP contribution in [-0.4, -0.2) is 41.1 Å². The van der Waals surface area contributed by atoms with E-state index in [1.165, 1.54) is 0 Å². The van der Waals surface area contributed by atoms with Crippen molar-refractivity contribution < 1.29 is 5.11 Å². The van der Waals surface area contributed by atoms with E-state index in [-0.39, 0.29) is 11.9 Å². The predicted octanol–water partition coefficient (Wildman–Crippen LogP) is -0.232. The molecule has 2 atom stereocenters. The summed E-state index contributed by atoms with van der Waals surface area (Å²) in [6.45, 7) is 3.24. The van der Waals surface area contributed by atoms with Crippen molar-refractivity contribution in [2.45, 2.75) is 31.9 Å². The van der Waals surface area contributed by atoms with Crippen molar-refractivity contribution in [2.24, 2.45) is 5.73 Å². The molecule has 2 unspecified atom stereocenters. The van der Waals surface area contributed by atoms with Crippen LogP contribution in [0.25, 0.3) is 0 Å². The van der Waals surface area contributed by atoms with Crippen molar-refractivity contribution in [2.75, 3.05) is 13.1 Å². The van der Waals surface area contributed by atoms with Crippen LogP contribution in [0, 0.1) is 5.41 Å². The minimum atomic E-state index is -0.236. The van der Waals surface area contributed by atoms with Crippen LogP contribution in [-0.2, 0) is 0 Å². The summed E-state index contributed by atoms with van der Waals surface area (Å²) in [6, 6.07) is 0.442. The molecule has 1 heterocycles. The Morgan fingerprint density at radius 2 is 2.33 bits per heavy atom. The topological polar surface area (TPSA) is 73.3 Å². The Labute approximate surface area is 72.9 Å². The molecule has 1 fully saturated rings. The van der Waals surface area contributed by atoms with Gasteiger partial charge in [-0.15, -0.1) is 0 Å². The summed E-state index contributed by atoms with van der Waals surface area (Å²) < 4.78 is 0. The fourth-order valence-corrected chi connectivity index (χ4v) is 1.60. The average molecular weight is 171 g/mol.